The van der Waals surface area contributed by atoms with Gasteiger partial charge in [-0.05, 0) is 13.8 Å². The van der Waals surface area contributed by atoms with E-state index in [0.29, 0.717) is 10.6 Å². The van der Waals surface area contributed by atoms with Crippen LogP contribution in [0, 0.1) is 0 Å². The van der Waals surface area contributed by atoms with Gasteiger partial charge in [-0.1, -0.05) is 12.7 Å². The second-order valence-electron chi connectivity index (χ2n) is 1.97. The number of rotatable bonds is 3. The van der Waals surface area contributed by atoms with E-state index in [9.17, 15) is 4.79 Å². The number of carbonyl (C=O) groups is 1. The maximum Gasteiger partial charge on any atom is 0.161 e. The molecule has 60 valence electrons. The number of thiol groups is 1. The van der Waals surface area contributed by atoms with Crippen molar-refractivity contribution in [2.75, 3.05) is 0 Å². The van der Waals surface area contributed by atoms with Crippen LogP contribution in [0.3, 0.4) is 0 Å². The van der Waals surface area contributed by atoms with Crippen LogP contribution in [0.4, 0.5) is 0 Å². The maximum absolute atomic E-state index is 10.8. The molecule has 2 nitrogen and oxygen atoms in total. The van der Waals surface area contributed by atoms with E-state index in [1.807, 2.05) is 0 Å². The zero-order valence-electron chi connectivity index (χ0n) is 6.66. The number of ketones is 1. The molecular weight excluding hydrogens is 158 g/mol. The van der Waals surface area contributed by atoms with Crippen LogP contribution in [0.15, 0.2) is 28.2 Å². The molecule has 0 amide bonds. The number of nitrogens with zero attached hydrogens (tertiary/aromatic N) is 1. The second kappa shape index (κ2) is 4.91. The van der Waals surface area contributed by atoms with Crippen molar-refractivity contribution in [3.8, 4) is 0 Å². The predicted octanol–water partition coefficient (Wildman–Crippen LogP) is 1.99. The number of hydrogen-bond acceptors (Lipinski definition) is 3. The lowest BCUT2D eigenvalue weighted by Crippen LogP contribution is -1.96. The van der Waals surface area contributed by atoms with Gasteiger partial charge in [-0.15, -0.1) is 12.6 Å². The van der Waals surface area contributed by atoms with E-state index in [1.165, 1.54) is 13.1 Å². The van der Waals surface area contributed by atoms with Gasteiger partial charge in [-0.2, -0.15) is 0 Å². The fourth-order valence-corrected chi connectivity index (χ4v) is 0.570. The first-order valence-electron chi connectivity index (χ1n) is 3.17. The molecule has 0 rings (SSSR count). The van der Waals surface area contributed by atoms with E-state index < -0.39 is 0 Å². The molecule has 0 aromatic rings. The van der Waals surface area contributed by atoms with Gasteiger partial charge in [0.15, 0.2) is 5.78 Å². The third-order valence-corrected chi connectivity index (χ3v) is 1.19. The monoisotopic (exact) mass is 169 g/mol. The average molecular weight is 169 g/mol. The lowest BCUT2D eigenvalue weighted by molar-refractivity contribution is -0.113. The summed E-state index contributed by atoms with van der Waals surface area (Å²) in [6, 6.07) is 0. The highest BCUT2D eigenvalue weighted by atomic mass is 32.1. The van der Waals surface area contributed by atoms with Gasteiger partial charge in [0.25, 0.3) is 0 Å². The zero-order chi connectivity index (χ0) is 8.85. The fourth-order valence-electron chi connectivity index (χ4n) is 0.513. The Balaban J connectivity index is 4.34. The van der Waals surface area contributed by atoms with Gasteiger partial charge in [0, 0.05) is 11.8 Å². The molecular formula is C8H11NOS. The van der Waals surface area contributed by atoms with Crippen LogP contribution in [-0.2, 0) is 4.79 Å². The van der Waals surface area contributed by atoms with E-state index in [4.69, 9.17) is 0 Å². The third-order valence-electron chi connectivity index (χ3n) is 1.07. The Bertz CT molecular complexity index is 228. The molecule has 0 bridgehead atoms. The molecule has 0 fully saturated rings. The summed E-state index contributed by atoms with van der Waals surface area (Å²) in [5.41, 5.74) is 0.570. The largest absolute Gasteiger partial charge is 0.294 e. The highest BCUT2D eigenvalue weighted by Crippen LogP contribution is 1.98. The molecule has 0 saturated heterocycles. The SMILES string of the molecule is C=C(S)N=C/C(=C\C)C(C)=O. The first-order chi connectivity index (χ1) is 5.07. The minimum atomic E-state index is -0.00849. The first kappa shape index (κ1) is 10.2. The summed E-state index contributed by atoms with van der Waals surface area (Å²) in [5.74, 6) is -0.00849. The van der Waals surface area contributed by atoms with Crippen molar-refractivity contribution in [2.24, 2.45) is 4.99 Å². The van der Waals surface area contributed by atoms with Gasteiger partial charge in [0.05, 0.1) is 5.03 Å². The number of allylic oxidation sites excluding steroid dienone is 2. The summed E-state index contributed by atoms with van der Waals surface area (Å²) in [7, 11) is 0. The topological polar surface area (TPSA) is 29.4 Å². The highest BCUT2D eigenvalue weighted by molar-refractivity contribution is 7.84. The minimum Gasteiger partial charge on any atom is -0.294 e. The third kappa shape index (κ3) is 4.56. The van der Waals surface area contributed by atoms with Gasteiger partial charge in [0.2, 0.25) is 0 Å². The molecule has 0 heterocycles. The number of carbonyl (C=O) groups excluding carboxylic acids is 1. The van der Waals surface area contributed by atoms with Crippen molar-refractivity contribution in [3.63, 3.8) is 0 Å². The van der Waals surface area contributed by atoms with Crippen LogP contribution in [0.1, 0.15) is 13.8 Å². The van der Waals surface area contributed by atoms with Crippen LogP contribution in [0.25, 0.3) is 0 Å². The Hall–Kier alpha value is -0.830. The van der Waals surface area contributed by atoms with E-state index in [-0.39, 0.29) is 5.78 Å². The lowest BCUT2D eigenvalue weighted by Gasteiger charge is -1.91. The summed E-state index contributed by atoms with van der Waals surface area (Å²) in [4.78, 5) is 14.5. The summed E-state index contributed by atoms with van der Waals surface area (Å²) >= 11 is 3.85. The fraction of sp³-hybridized carbons (Fsp3) is 0.250. The van der Waals surface area contributed by atoms with Crippen molar-refractivity contribution in [3.05, 3.63) is 23.3 Å². The number of Topliss-reactive ketones (excluding diaryl/α,β-unsaturated/α-hetero) is 1. The Morgan fingerprint density at radius 1 is 1.64 bits per heavy atom. The Morgan fingerprint density at radius 3 is 2.45 bits per heavy atom. The van der Waals surface area contributed by atoms with E-state index >= 15 is 0 Å². The molecule has 0 aliphatic rings. The zero-order valence-corrected chi connectivity index (χ0v) is 7.56. The predicted molar refractivity (Wildman–Crippen MR) is 51.1 cm³/mol. The summed E-state index contributed by atoms with van der Waals surface area (Å²) in [6.07, 6.45) is 3.15. The smallest absolute Gasteiger partial charge is 0.161 e. The molecule has 0 N–H and O–H groups in total. The van der Waals surface area contributed by atoms with Crippen molar-refractivity contribution < 1.29 is 4.79 Å². The van der Waals surface area contributed by atoms with Gasteiger partial charge < -0.3 is 0 Å². The summed E-state index contributed by atoms with van der Waals surface area (Å²) < 4.78 is 0. The van der Waals surface area contributed by atoms with Gasteiger partial charge in [0.1, 0.15) is 0 Å². The molecule has 0 aromatic heterocycles. The summed E-state index contributed by atoms with van der Waals surface area (Å²) in [6.45, 7) is 6.72. The lowest BCUT2D eigenvalue weighted by atomic mass is 10.2. The molecule has 3 heteroatoms. The molecule has 0 aromatic carbocycles. The molecule has 0 aliphatic heterocycles. The van der Waals surface area contributed by atoms with Crippen molar-refractivity contribution in [1.82, 2.24) is 0 Å². The van der Waals surface area contributed by atoms with E-state index in [2.05, 4.69) is 24.2 Å². The van der Waals surface area contributed by atoms with Crippen LogP contribution in [0.2, 0.25) is 0 Å². The Labute approximate surface area is 72.1 Å². The molecule has 0 aliphatic carbocycles. The van der Waals surface area contributed by atoms with Crippen molar-refractivity contribution in [1.29, 1.82) is 0 Å². The van der Waals surface area contributed by atoms with Crippen LogP contribution < -0.4 is 0 Å². The molecule has 0 unspecified atom stereocenters. The molecule has 0 atom stereocenters. The van der Waals surface area contributed by atoms with E-state index in [0.717, 1.165) is 0 Å². The average Bonchev–Trinajstić information content (AvgIpc) is 1.87. The highest BCUT2D eigenvalue weighted by Gasteiger charge is 1.96. The molecule has 0 spiro atoms. The van der Waals surface area contributed by atoms with Crippen LogP contribution in [0.5, 0.6) is 0 Å². The molecule has 0 saturated carbocycles. The van der Waals surface area contributed by atoms with Gasteiger partial charge in [-0.25, -0.2) is 0 Å². The standard InChI is InChI=1S/C8H11NOS/c1-4-8(6(2)10)5-9-7(3)11/h4-5,11H,3H2,1-2H3/b8-4+,9-5?. The Morgan fingerprint density at radius 2 is 2.18 bits per heavy atom. The molecule has 11 heavy (non-hydrogen) atoms. The second-order valence-corrected chi connectivity index (χ2v) is 2.49. The van der Waals surface area contributed by atoms with Crippen molar-refractivity contribution >= 4 is 24.6 Å². The Kier molecular flexibility index (Phi) is 4.54. The van der Waals surface area contributed by atoms with Gasteiger partial charge in [-0.3, -0.25) is 9.79 Å². The van der Waals surface area contributed by atoms with Crippen LogP contribution >= 0.6 is 12.6 Å². The number of hydrogen-bond donors (Lipinski definition) is 1. The minimum absolute atomic E-state index is 0.00849. The first-order valence-corrected chi connectivity index (χ1v) is 3.62. The number of aliphatic imine (C=N–C) groups is 1. The normalized spacial score (nSPS) is 12.1. The molecule has 0 radical (unpaired) electrons. The quantitative estimate of drug-likeness (QED) is 0.391. The maximum atomic E-state index is 10.8. The van der Waals surface area contributed by atoms with E-state index in [1.54, 1.807) is 13.0 Å². The van der Waals surface area contributed by atoms with Crippen LogP contribution in [-0.4, -0.2) is 12.0 Å². The van der Waals surface area contributed by atoms with Crippen molar-refractivity contribution in [2.45, 2.75) is 13.8 Å². The van der Waals surface area contributed by atoms with Gasteiger partial charge >= 0.3 is 0 Å². The summed E-state index contributed by atoms with van der Waals surface area (Å²) in [5, 5.41) is 0.394.